The molecule has 8 aromatic carbocycles. The normalized spacial score (nSPS) is 13.7. The van der Waals surface area contributed by atoms with Crippen molar-refractivity contribution < 1.29 is 0 Å². The number of amidine groups is 2. The molecule has 254 valence electrons. The zero-order valence-corrected chi connectivity index (χ0v) is 29.6. The van der Waals surface area contributed by atoms with Crippen LogP contribution in [-0.2, 0) is 5.41 Å². The average Bonchev–Trinajstić information content (AvgIpc) is 3.70. The molecule has 2 aliphatic rings. The van der Waals surface area contributed by atoms with E-state index in [1.165, 1.54) is 44.5 Å². The predicted octanol–water partition coefficient (Wildman–Crippen LogP) is 11.7. The molecule has 0 saturated heterocycles. The fourth-order valence-corrected chi connectivity index (χ4v) is 8.70. The summed E-state index contributed by atoms with van der Waals surface area (Å²) in [6.45, 7) is 4.60. The Morgan fingerprint density at radius 1 is 0.426 bits per heavy atom. The van der Waals surface area contributed by atoms with Gasteiger partial charge in [-0.2, -0.15) is 0 Å². The fraction of sp³-hybridized carbons (Fsp3) is 0.0196. The number of nitrogens with zero attached hydrogens (tertiary/aromatic N) is 2. The zero-order valence-electron chi connectivity index (χ0n) is 29.6. The van der Waals surface area contributed by atoms with E-state index < -0.39 is 5.41 Å². The van der Waals surface area contributed by atoms with Crippen LogP contribution in [0, 0.1) is 0 Å². The Morgan fingerprint density at radius 2 is 0.907 bits per heavy atom. The van der Waals surface area contributed by atoms with Crippen LogP contribution < -0.4 is 5.73 Å². The van der Waals surface area contributed by atoms with E-state index >= 15 is 0 Å². The third-order valence-electron chi connectivity index (χ3n) is 11.1. The van der Waals surface area contributed by atoms with Gasteiger partial charge in [0.15, 0.2) is 5.84 Å². The summed E-state index contributed by atoms with van der Waals surface area (Å²) in [5.41, 5.74) is 21.9. The lowest BCUT2D eigenvalue weighted by molar-refractivity contribution is 0.794. The lowest BCUT2D eigenvalue weighted by atomic mass is 9.70. The number of hydrogen-bond acceptors (Lipinski definition) is 1. The Bertz CT molecular complexity index is 2780. The summed E-state index contributed by atoms with van der Waals surface area (Å²) in [7, 11) is 0. The lowest BCUT2D eigenvalue weighted by Gasteiger charge is -2.30. The number of rotatable bonds is 5. The largest absolute Gasteiger partial charge is 0.383 e. The van der Waals surface area contributed by atoms with Gasteiger partial charge in [-0.15, -0.1) is 0 Å². The van der Waals surface area contributed by atoms with Crippen molar-refractivity contribution in [1.82, 2.24) is 0 Å². The molecule has 2 aliphatic carbocycles. The summed E-state index contributed by atoms with van der Waals surface area (Å²) in [6, 6.07) is 66.5. The first-order valence-electron chi connectivity index (χ1n) is 18.3. The van der Waals surface area contributed by atoms with Gasteiger partial charge in [-0.25, -0.2) is 9.98 Å². The van der Waals surface area contributed by atoms with E-state index in [0.29, 0.717) is 17.4 Å². The summed E-state index contributed by atoms with van der Waals surface area (Å²) in [6.07, 6.45) is 0. The Hall–Kier alpha value is -7.10. The molecule has 3 nitrogen and oxygen atoms in total. The molecule has 0 saturated carbocycles. The van der Waals surface area contributed by atoms with Crippen LogP contribution in [0.5, 0.6) is 0 Å². The SMILES string of the molecule is C=C(/N=C(\N=C(/N)c1ccccc1)c1ccccc1)c1cc2ccccc2cc1-c1ccc2c(c1)C1(c3ccccc3-c3ccccc31)c1ccccc1-2. The van der Waals surface area contributed by atoms with Crippen molar-refractivity contribution in [3.05, 3.63) is 234 Å². The highest BCUT2D eigenvalue weighted by molar-refractivity contribution is 6.12. The molecule has 10 rings (SSSR count). The van der Waals surface area contributed by atoms with Crippen LogP contribution in [0.4, 0.5) is 0 Å². The third-order valence-corrected chi connectivity index (χ3v) is 11.1. The van der Waals surface area contributed by atoms with E-state index in [9.17, 15) is 0 Å². The van der Waals surface area contributed by atoms with Crippen LogP contribution in [0.25, 0.3) is 49.9 Å². The van der Waals surface area contributed by atoms with E-state index in [0.717, 1.165) is 38.6 Å². The van der Waals surface area contributed by atoms with Gasteiger partial charge in [0.05, 0.1) is 11.1 Å². The smallest absolute Gasteiger partial charge is 0.162 e. The molecular formula is C51H35N3. The molecule has 0 fully saturated rings. The maximum atomic E-state index is 6.60. The molecule has 8 aromatic rings. The molecule has 0 bridgehead atoms. The van der Waals surface area contributed by atoms with Gasteiger partial charge in [-0.05, 0) is 84.6 Å². The van der Waals surface area contributed by atoms with Crippen molar-refractivity contribution in [1.29, 1.82) is 0 Å². The topological polar surface area (TPSA) is 50.7 Å². The van der Waals surface area contributed by atoms with Crippen LogP contribution in [0.2, 0.25) is 0 Å². The van der Waals surface area contributed by atoms with Gasteiger partial charge >= 0.3 is 0 Å². The van der Waals surface area contributed by atoms with E-state index in [2.05, 4.69) is 134 Å². The molecule has 0 atom stereocenters. The number of nitrogens with two attached hydrogens (primary N) is 1. The number of fused-ring (bicyclic) bond motifs is 11. The fourth-order valence-electron chi connectivity index (χ4n) is 8.70. The van der Waals surface area contributed by atoms with Crippen molar-refractivity contribution in [3.63, 3.8) is 0 Å². The van der Waals surface area contributed by atoms with Crippen LogP contribution in [0.15, 0.2) is 205 Å². The first kappa shape index (κ1) is 31.6. The number of hydrogen-bond donors (Lipinski definition) is 1. The first-order chi connectivity index (χ1) is 26.6. The maximum absolute atomic E-state index is 6.60. The van der Waals surface area contributed by atoms with Crippen LogP contribution in [0.1, 0.15) is 38.9 Å². The standard InChI is InChI=1S/C51H35N3/c1-33(53-50(35-18-6-3-7-19-35)54-49(52)34-16-4-2-5-17-34)43-30-36-20-8-9-21-37(36)31-44(43)38-28-29-42-41-24-12-15-27-47(41)51(48(42)32-38)45-25-13-10-22-39(45)40-23-11-14-26-46(40)51/h2-32H,1H2,(H2,52,53,54). The van der Waals surface area contributed by atoms with Gasteiger partial charge in [0.2, 0.25) is 0 Å². The summed E-state index contributed by atoms with van der Waals surface area (Å²) in [4.78, 5) is 10.1. The molecule has 0 aromatic heterocycles. The molecule has 0 aliphatic heterocycles. The van der Waals surface area contributed by atoms with Gasteiger partial charge < -0.3 is 5.73 Å². The average molecular weight is 690 g/mol. The van der Waals surface area contributed by atoms with Crippen LogP contribution in [0.3, 0.4) is 0 Å². The van der Waals surface area contributed by atoms with E-state index in [-0.39, 0.29) is 0 Å². The van der Waals surface area contributed by atoms with Crippen LogP contribution >= 0.6 is 0 Å². The van der Waals surface area contributed by atoms with Gasteiger partial charge in [0, 0.05) is 16.7 Å². The minimum atomic E-state index is -0.439. The Labute approximate surface area is 315 Å². The first-order valence-corrected chi connectivity index (χ1v) is 18.3. The number of aliphatic imine (C=N–C) groups is 2. The summed E-state index contributed by atoms with van der Waals surface area (Å²) in [5, 5.41) is 2.27. The minimum absolute atomic E-state index is 0.394. The molecule has 1 spiro atoms. The molecule has 3 heteroatoms. The van der Waals surface area contributed by atoms with Crippen LogP contribution in [-0.4, -0.2) is 11.7 Å². The highest BCUT2D eigenvalue weighted by atomic mass is 15.0. The Morgan fingerprint density at radius 3 is 1.50 bits per heavy atom. The Balaban J connectivity index is 1.19. The monoisotopic (exact) mass is 689 g/mol. The van der Waals surface area contributed by atoms with Crippen molar-refractivity contribution in [3.8, 4) is 33.4 Å². The highest BCUT2D eigenvalue weighted by Crippen LogP contribution is 2.63. The van der Waals surface area contributed by atoms with Gasteiger partial charge in [-0.3, -0.25) is 0 Å². The summed E-state index contributed by atoms with van der Waals surface area (Å²) in [5.74, 6) is 0.897. The predicted molar refractivity (Wildman–Crippen MR) is 225 cm³/mol. The quantitative estimate of drug-likeness (QED) is 0.142. The highest BCUT2D eigenvalue weighted by Gasteiger charge is 2.51. The molecule has 0 radical (unpaired) electrons. The molecule has 0 heterocycles. The third kappa shape index (κ3) is 4.83. The van der Waals surface area contributed by atoms with Gasteiger partial charge in [-0.1, -0.05) is 176 Å². The molecule has 0 amide bonds. The van der Waals surface area contributed by atoms with Crippen molar-refractivity contribution in [2.45, 2.75) is 5.41 Å². The maximum Gasteiger partial charge on any atom is 0.162 e. The molecule has 0 unspecified atom stereocenters. The Kier molecular flexibility index (Phi) is 7.34. The van der Waals surface area contributed by atoms with Gasteiger partial charge in [0.1, 0.15) is 5.84 Å². The summed E-state index contributed by atoms with van der Waals surface area (Å²) >= 11 is 0. The molecule has 54 heavy (non-hydrogen) atoms. The van der Waals surface area contributed by atoms with Gasteiger partial charge in [0.25, 0.3) is 0 Å². The number of benzene rings is 8. The second-order valence-electron chi connectivity index (χ2n) is 14.0. The van der Waals surface area contributed by atoms with Crippen molar-refractivity contribution in [2.75, 3.05) is 0 Å². The summed E-state index contributed by atoms with van der Waals surface area (Å²) < 4.78 is 0. The zero-order chi connectivity index (χ0) is 36.2. The van der Waals surface area contributed by atoms with Crippen molar-refractivity contribution in [2.24, 2.45) is 15.7 Å². The van der Waals surface area contributed by atoms with E-state index in [4.69, 9.17) is 15.7 Å². The molecule has 2 N–H and O–H groups in total. The van der Waals surface area contributed by atoms with E-state index in [1.807, 2.05) is 60.7 Å². The van der Waals surface area contributed by atoms with E-state index in [1.54, 1.807) is 0 Å². The minimum Gasteiger partial charge on any atom is -0.383 e. The second kappa shape index (κ2) is 12.5. The lowest BCUT2D eigenvalue weighted by Crippen LogP contribution is -2.25. The second-order valence-corrected chi connectivity index (χ2v) is 14.0. The molecular weight excluding hydrogens is 655 g/mol. The van der Waals surface area contributed by atoms with Crippen molar-refractivity contribution >= 4 is 28.1 Å².